The highest BCUT2D eigenvalue weighted by Gasteiger charge is 1.86. The summed E-state index contributed by atoms with van der Waals surface area (Å²) in [4.78, 5) is 7.52. The highest BCUT2D eigenvalue weighted by atomic mass is 15.0. The van der Waals surface area contributed by atoms with E-state index >= 15 is 0 Å². The minimum absolute atomic E-state index is 0.279. The molecule has 0 unspecified atom stereocenters. The zero-order valence-corrected chi connectivity index (χ0v) is 5.63. The SMILES string of the molecule is CC#Cc1cnc(N)nc1. The number of anilines is 1. The molecule has 0 amide bonds. The standard InChI is InChI=1S/C7H7N3/c1-2-3-6-4-9-7(8)10-5-6/h4-5H,1H3,(H2,8,9,10). The van der Waals surface area contributed by atoms with E-state index in [0.717, 1.165) is 5.56 Å². The van der Waals surface area contributed by atoms with Crippen LogP contribution in [-0.2, 0) is 0 Å². The second kappa shape index (κ2) is 2.83. The van der Waals surface area contributed by atoms with Crippen molar-refractivity contribution in [3.05, 3.63) is 18.0 Å². The van der Waals surface area contributed by atoms with E-state index in [2.05, 4.69) is 21.8 Å². The first-order chi connectivity index (χ1) is 4.83. The second-order valence-corrected chi connectivity index (χ2v) is 1.70. The van der Waals surface area contributed by atoms with Crippen LogP contribution in [0.3, 0.4) is 0 Å². The van der Waals surface area contributed by atoms with Crippen LogP contribution < -0.4 is 5.73 Å². The van der Waals surface area contributed by atoms with Crippen LogP contribution in [0.25, 0.3) is 0 Å². The predicted octanol–water partition coefficient (Wildman–Crippen LogP) is 0.430. The summed E-state index contributed by atoms with van der Waals surface area (Å²) in [5.74, 6) is 5.82. The molecule has 10 heavy (non-hydrogen) atoms. The van der Waals surface area contributed by atoms with E-state index < -0.39 is 0 Å². The third-order valence-corrected chi connectivity index (χ3v) is 0.941. The van der Waals surface area contributed by atoms with Gasteiger partial charge in [0, 0.05) is 12.4 Å². The van der Waals surface area contributed by atoms with Gasteiger partial charge in [-0.1, -0.05) is 5.92 Å². The molecule has 3 nitrogen and oxygen atoms in total. The molecule has 3 heteroatoms. The second-order valence-electron chi connectivity index (χ2n) is 1.70. The third kappa shape index (κ3) is 1.46. The first-order valence-electron chi connectivity index (χ1n) is 2.83. The van der Waals surface area contributed by atoms with E-state index in [1.165, 1.54) is 0 Å². The normalized spacial score (nSPS) is 8.10. The van der Waals surface area contributed by atoms with E-state index in [0.29, 0.717) is 0 Å². The fourth-order valence-corrected chi connectivity index (χ4v) is 0.547. The van der Waals surface area contributed by atoms with Gasteiger partial charge in [0.15, 0.2) is 0 Å². The maximum atomic E-state index is 5.25. The van der Waals surface area contributed by atoms with Gasteiger partial charge in [-0.25, -0.2) is 9.97 Å². The van der Waals surface area contributed by atoms with Gasteiger partial charge in [0.2, 0.25) is 5.95 Å². The molecule has 0 saturated heterocycles. The van der Waals surface area contributed by atoms with E-state index in [1.807, 2.05) is 0 Å². The van der Waals surface area contributed by atoms with Gasteiger partial charge in [0.1, 0.15) is 0 Å². The minimum Gasteiger partial charge on any atom is -0.368 e. The molecule has 0 aliphatic carbocycles. The zero-order valence-electron chi connectivity index (χ0n) is 5.63. The summed E-state index contributed by atoms with van der Waals surface area (Å²) in [5.41, 5.74) is 6.04. The largest absolute Gasteiger partial charge is 0.368 e. The molecule has 0 fully saturated rings. The van der Waals surface area contributed by atoms with E-state index in [-0.39, 0.29) is 5.95 Å². The van der Waals surface area contributed by atoms with Crippen molar-refractivity contribution in [3.8, 4) is 11.8 Å². The molecule has 2 N–H and O–H groups in total. The summed E-state index contributed by atoms with van der Waals surface area (Å²) < 4.78 is 0. The minimum atomic E-state index is 0.279. The fourth-order valence-electron chi connectivity index (χ4n) is 0.547. The number of aromatic nitrogens is 2. The molecule has 0 aromatic carbocycles. The van der Waals surface area contributed by atoms with Crippen LogP contribution >= 0.6 is 0 Å². The lowest BCUT2D eigenvalue weighted by Gasteiger charge is -1.88. The molecule has 50 valence electrons. The van der Waals surface area contributed by atoms with Crippen molar-refractivity contribution in [2.75, 3.05) is 5.73 Å². The van der Waals surface area contributed by atoms with Crippen molar-refractivity contribution in [3.63, 3.8) is 0 Å². The lowest BCUT2D eigenvalue weighted by atomic mass is 10.3. The Morgan fingerprint density at radius 1 is 1.40 bits per heavy atom. The molecule has 1 heterocycles. The van der Waals surface area contributed by atoms with Crippen molar-refractivity contribution in [2.24, 2.45) is 0 Å². The molecule has 1 aromatic heterocycles. The molecule has 1 aromatic rings. The molecular weight excluding hydrogens is 126 g/mol. The Bertz CT molecular complexity index is 265. The molecule has 0 aliphatic rings. The average molecular weight is 133 g/mol. The van der Waals surface area contributed by atoms with Crippen LogP contribution in [0.2, 0.25) is 0 Å². The lowest BCUT2D eigenvalue weighted by molar-refractivity contribution is 1.17. The monoisotopic (exact) mass is 133 g/mol. The van der Waals surface area contributed by atoms with Gasteiger partial charge < -0.3 is 5.73 Å². The molecule has 0 aliphatic heterocycles. The van der Waals surface area contributed by atoms with Crippen LogP contribution in [0.5, 0.6) is 0 Å². The highest BCUT2D eigenvalue weighted by molar-refractivity contribution is 5.31. The number of nitrogens with two attached hydrogens (primary N) is 1. The van der Waals surface area contributed by atoms with E-state index in [9.17, 15) is 0 Å². The Morgan fingerprint density at radius 2 is 2.00 bits per heavy atom. The van der Waals surface area contributed by atoms with Crippen molar-refractivity contribution >= 4 is 5.95 Å². The highest BCUT2D eigenvalue weighted by Crippen LogP contribution is 1.92. The average Bonchev–Trinajstić information content (AvgIpc) is 1.95. The molecule has 0 bridgehead atoms. The summed E-state index contributed by atoms with van der Waals surface area (Å²) in [5, 5.41) is 0. The Kier molecular flexibility index (Phi) is 1.86. The molecular formula is C7H7N3. The smallest absolute Gasteiger partial charge is 0.219 e. The zero-order chi connectivity index (χ0) is 7.40. The summed E-state index contributed by atoms with van der Waals surface area (Å²) in [6.45, 7) is 1.76. The van der Waals surface area contributed by atoms with Crippen LogP contribution in [0.4, 0.5) is 5.95 Å². The Morgan fingerprint density at radius 3 is 2.50 bits per heavy atom. The van der Waals surface area contributed by atoms with Crippen LogP contribution in [-0.4, -0.2) is 9.97 Å². The maximum absolute atomic E-state index is 5.25. The Hall–Kier alpha value is -1.56. The summed E-state index contributed by atoms with van der Waals surface area (Å²) in [7, 11) is 0. The van der Waals surface area contributed by atoms with Crippen LogP contribution in [0, 0.1) is 11.8 Å². The first-order valence-corrected chi connectivity index (χ1v) is 2.83. The van der Waals surface area contributed by atoms with Crippen molar-refractivity contribution in [1.29, 1.82) is 0 Å². The number of nitrogen functional groups attached to an aromatic ring is 1. The number of hydrogen-bond donors (Lipinski definition) is 1. The number of hydrogen-bond acceptors (Lipinski definition) is 3. The third-order valence-electron chi connectivity index (χ3n) is 0.941. The van der Waals surface area contributed by atoms with Gasteiger partial charge in [-0.05, 0) is 6.92 Å². The fraction of sp³-hybridized carbons (Fsp3) is 0.143. The van der Waals surface area contributed by atoms with Crippen molar-refractivity contribution < 1.29 is 0 Å². The molecule has 1 rings (SSSR count). The van der Waals surface area contributed by atoms with Gasteiger partial charge >= 0.3 is 0 Å². The summed E-state index contributed by atoms with van der Waals surface area (Å²) >= 11 is 0. The maximum Gasteiger partial charge on any atom is 0.219 e. The summed E-state index contributed by atoms with van der Waals surface area (Å²) in [6, 6.07) is 0. The topological polar surface area (TPSA) is 51.8 Å². The van der Waals surface area contributed by atoms with Gasteiger partial charge in [-0.2, -0.15) is 0 Å². The molecule has 0 saturated carbocycles. The van der Waals surface area contributed by atoms with Crippen LogP contribution in [0.1, 0.15) is 12.5 Å². The van der Waals surface area contributed by atoms with Crippen LogP contribution in [0.15, 0.2) is 12.4 Å². The van der Waals surface area contributed by atoms with Gasteiger partial charge in [0.25, 0.3) is 0 Å². The molecule has 0 atom stereocenters. The van der Waals surface area contributed by atoms with Gasteiger partial charge in [-0.15, -0.1) is 5.92 Å². The predicted molar refractivity (Wildman–Crippen MR) is 39.0 cm³/mol. The van der Waals surface area contributed by atoms with E-state index in [4.69, 9.17) is 5.73 Å². The number of rotatable bonds is 0. The Labute approximate surface area is 59.3 Å². The molecule has 0 radical (unpaired) electrons. The summed E-state index contributed by atoms with van der Waals surface area (Å²) in [6.07, 6.45) is 3.19. The van der Waals surface area contributed by atoms with Gasteiger partial charge in [0.05, 0.1) is 5.56 Å². The van der Waals surface area contributed by atoms with Gasteiger partial charge in [-0.3, -0.25) is 0 Å². The quantitative estimate of drug-likeness (QED) is 0.522. The van der Waals surface area contributed by atoms with E-state index in [1.54, 1.807) is 19.3 Å². The molecule has 0 spiro atoms. The number of nitrogens with zero attached hydrogens (tertiary/aromatic N) is 2. The first kappa shape index (κ1) is 6.56. The Balaban J connectivity index is 2.97. The lowest BCUT2D eigenvalue weighted by Crippen LogP contribution is -1.93. The van der Waals surface area contributed by atoms with Crippen molar-refractivity contribution in [2.45, 2.75) is 6.92 Å². The van der Waals surface area contributed by atoms with Crippen molar-refractivity contribution in [1.82, 2.24) is 9.97 Å².